The Morgan fingerprint density at radius 2 is 1.64 bits per heavy atom. The van der Waals surface area contributed by atoms with Gasteiger partial charge in [0, 0.05) is 56.6 Å². The number of likely N-dealkylation sites (tertiary alicyclic amines) is 1. The first-order chi connectivity index (χ1) is 19.2. The fraction of sp³-hybridized carbons (Fsp3) is 0.333. The van der Waals surface area contributed by atoms with E-state index in [1.807, 2.05) is 36.8 Å². The lowest BCUT2D eigenvalue weighted by Crippen LogP contribution is -2.40. The minimum atomic E-state index is -0.0502. The number of unbranched alkanes of at least 4 members (excludes halogenated alkanes) is 1. The molecule has 1 aliphatic heterocycles. The van der Waals surface area contributed by atoms with Crippen molar-refractivity contribution >= 4 is 5.91 Å². The Bertz CT molecular complexity index is 1230. The van der Waals surface area contributed by atoms with E-state index in [1.165, 1.54) is 11.1 Å². The number of nitrogens with zero attached hydrogens (tertiary/aromatic N) is 3. The van der Waals surface area contributed by atoms with E-state index in [9.17, 15) is 4.79 Å². The molecule has 6 heteroatoms. The summed E-state index contributed by atoms with van der Waals surface area (Å²) < 4.78 is 8.39. The van der Waals surface area contributed by atoms with E-state index >= 15 is 0 Å². The van der Waals surface area contributed by atoms with E-state index in [4.69, 9.17) is 4.74 Å². The highest BCUT2D eigenvalue weighted by molar-refractivity contribution is 5.94. The molecule has 0 saturated carbocycles. The third-order valence-corrected chi connectivity index (χ3v) is 7.47. The Balaban J connectivity index is 1.08. The maximum Gasteiger partial charge on any atom is 0.251 e. The number of benzene rings is 3. The zero-order valence-electron chi connectivity index (χ0n) is 22.5. The molecule has 0 unspecified atom stereocenters. The molecule has 1 saturated heterocycles. The summed E-state index contributed by atoms with van der Waals surface area (Å²) in [6.45, 7) is 4.57. The summed E-state index contributed by atoms with van der Waals surface area (Å²) in [5.41, 5.74) is 3.36. The summed E-state index contributed by atoms with van der Waals surface area (Å²) >= 11 is 0. The first-order valence-corrected chi connectivity index (χ1v) is 14.1. The molecule has 39 heavy (non-hydrogen) atoms. The van der Waals surface area contributed by atoms with Gasteiger partial charge in [0.1, 0.15) is 11.9 Å². The smallest absolute Gasteiger partial charge is 0.251 e. The van der Waals surface area contributed by atoms with Crippen LogP contribution < -0.4 is 10.1 Å². The maximum absolute atomic E-state index is 12.7. The van der Waals surface area contributed by atoms with E-state index in [0.717, 1.165) is 57.6 Å². The van der Waals surface area contributed by atoms with Gasteiger partial charge in [0.15, 0.2) is 0 Å². The summed E-state index contributed by atoms with van der Waals surface area (Å²) in [5, 5.41) is 3.03. The van der Waals surface area contributed by atoms with Crippen molar-refractivity contribution in [3.05, 3.63) is 120 Å². The SMILES string of the molecule is O=C(NCCCCn1ccnc1)c1cccc(OC2CCN(CC(c3ccccc3)c3ccccc3)CC2)c1. The fourth-order valence-electron chi connectivity index (χ4n) is 5.29. The molecule has 0 radical (unpaired) electrons. The number of amides is 1. The van der Waals surface area contributed by atoms with E-state index in [-0.39, 0.29) is 12.0 Å². The van der Waals surface area contributed by atoms with E-state index < -0.39 is 0 Å². The molecule has 0 spiro atoms. The molecule has 1 fully saturated rings. The number of carbonyl (C=O) groups excluding carboxylic acids is 1. The number of hydrogen-bond donors (Lipinski definition) is 1. The Morgan fingerprint density at radius 3 is 2.31 bits per heavy atom. The lowest BCUT2D eigenvalue weighted by Gasteiger charge is -2.34. The topological polar surface area (TPSA) is 59.4 Å². The number of aromatic nitrogens is 2. The van der Waals surface area contributed by atoms with Crippen LogP contribution in [0.4, 0.5) is 0 Å². The summed E-state index contributed by atoms with van der Waals surface area (Å²) in [6, 6.07) is 29.2. The number of piperidine rings is 1. The van der Waals surface area contributed by atoms with Crippen molar-refractivity contribution in [3.63, 3.8) is 0 Å². The second kappa shape index (κ2) is 13.8. The minimum Gasteiger partial charge on any atom is -0.490 e. The summed E-state index contributed by atoms with van der Waals surface area (Å²) in [6.07, 6.45) is 9.60. The van der Waals surface area contributed by atoms with Gasteiger partial charge in [0.25, 0.3) is 5.91 Å². The lowest BCUT2D eigenvalue weighted by molar-refractivity contribution is 0.0941. The molecule has 1 amide bonds. The number of rotatable bonds is 12. The van der Waals surface area contributed by atoms with Crippen LogP contribution in [0.25, 0.3) is 0 Å². The van der Waals surface area contributed by atoms with Gasteiger partial charge in [0.05, 0.1) is 6.33 Å². The Morgan fingerprint density at radius 1 is 0.923 bits per heavy atom. The highest BCUT2D eigenvalue weighted by atomic mass is 16.5. The van der Waals surface area contributed by atoms with Gasteiger partial charge < -0.3 is 19.5 Å². The van der Waals surface area contributed by atoms with Crippen molar-refractivity contribution in [1.29, 1.82) is 0 Å². The largest absolute Gasteiger partial charge is 0.490 e. The van der Waals surface area contributed by atoms with Gasteiger partial charge in [-0.2, -0.15) is 0 Å². The number of imidazole rings is 1. The predicted molar refractivity (Wildman–Crippen MR) is 155 cm³/mol. The second-order valence-corrected chi connectivity index (χ2v) is 10.3. The monoisotopic (exact) mass is 522 g/mol. The molecule has 2 heterocycles. The van der Waals surface area contributed by atoms with Gasteiger partial charge >= 0.3 is 0 Å². The molecule has 1 aromatic heterocycles. The van der Waals surface area contributed by atoms with Gasteiger partial charge in [-0.3, -0.25) is 4.79 Å². The number of hydrogen-bond acceptors (Lipinski definition) is 4. The normalized spacial score (nSPS) is 14.4. The van der Waals surface area contributed by atoms with Crippen molar-refractivity contribution < 1.29 is 9.53 Å². The Kier molecular flexibility index (Phi) is 9.42. The van der Waals surface area contributed by atoms with Crippen LogP contribution in [0.15, 0.2) is 104 Å². The Labute approximate surface area is 231 Å². The van der Waals surface area contributed by atoms with E-state index in [1.54, 1.807) is 6.20 Å². The quantitative estimate of drug-likeness (QED) is 0.240. The van der Waals surface area contributed by atoms with Crippen molar-refractivity contribution in [1.82, 2.24) is 19.8 Å². The first kappa shape index (κ1) is 26.7. The molecule has 1 N–H and O–H groups in total. The predicted octanol–water partition coefficient (Wildman–Crippen LogP) is 5.77. The van der Waals surface area contributed by atoms with Gasteiger partial charge in [-0.25, -0.2) is 4.98 Å². The molecule has 0 bridgehead atoms. The average molecular weight is 523 g/mol. The number of carbonyl (C=O) groups is 1. The van der Waals surface area contributed by atoms with Gasteiger partial charge in [-0.05, 0) is 55.0 Å². The van der Waals surface area contributed by atoms with Crippen molar-refractivity contribution in [2.75, 3.05) is 26.2 Å². The Hall–Kier alpha value is -3.90. The third kappa shape index (κ3) is 7.80. The fourth-order valence-corrected chi connectivity index (χ4v) is 5.29. The van der Waals surface area contributed by atoms with Crippen LogP contribution in [-0.4, -0.2) is 52.6 Å². The summed E-state index contributed by atoms with van der Waals surface area (Å²) in [4.78, 5) is 19.3. The molecule has 3 aromatic carbocycles. The minimum absolute atomic E-state index is 0.0502. The van der Waals surface area contributed by atoms with Crippen LogP contribution >= 0.6 is 0 Å². The molecular weight excluding hydrogens is 484 g/mol. The first-order valence-electron chi connectivity index (χ1n) is 14.1. The van der Waals surface area contributed by atoms with Gasteiger partial charge in [-0.15, -0.1) is 0 Å². The van der Waals surface area contributed by atoms with Crippen LogP contribution in [0.5, 0.6) is 5.75 Å². The van der Waals surface area contributed by atoms with Crippen LogP contribution in [-0.2, 0) is 6.54 Å². The van der Waals surface area contributed by atoms with Crippen molar-refractivity contribution in [3.8, 4) is 5.75 Å². The van der Waals surface area contributed by atoms with Gasteiger partial charge in [0.2, 0.25) is 0 Å². The zero-order valence-corrected chi connectivity index (χ0v) is 22.5. The second-order valence-electron chi connectivity index (χ2n) is 10.3. The highest BCUT2D eigenvalue weighted by Gasteiger charge is 2.24. The highest BCUT2D eigenvalue weighted by Crippen LogP contribution is 2.28. The summed E-state index contributed by atoms with van der Waals surface area (Å²) in [7, 11) is 0. The average Bonchev–Trinajstić information content (AvgIpc) is 3.51. The molecule has 4 aromatic rings. The maximum atomic E-state index is 12.7. The van der Waals surface area contributed by atoms with Crippen LogP contribution in [0.2, 0.25) is 0 Å². The number of ether oxygens (including phenoxy) is 1. The molecule has 6 nitrogen and oxygen atoms in total. The van der Waals surface area contributed by atoms with Gasteiger partial charge in [-0.1, -0.05) is 66.7 Å². The molecule has 5 rings (SSSR count). The zero-order chi connectivity index (χ0) is 26.7. The number of aryl methyl sites for hydroxylation is 1. The van der Waals surface area contributed by atoms with Crippen molar-refractivity contribution in [2.45, 2.75) is 44.2 Å². The van der Waals surface area contributed by atoms with Crippen LogP contribution in [0, 0.1) is 0 Å². The lowest BCUT2D eigenvalue weighted by atomic mass is 9.90. The van der Waals surface area contributed by atoms with E-state index in [2.05, 4.69) is 80.4 Å². The van der Waals surface area contributed by atoms with E-state index in [0.29, 0.717) is 18.0 Å². The standard InChI is InChI=1S/C33H38N4O2/c38-33(35-18-7-8-20-37-23-19-34-26-37)29-14-9-15-31(24-29)39-30-16-21-36(22-17-30)25-32(27-10-3-1-4-11-27)28-12-5-2-6-13-28/h1-6,9-15,19,23-24,26,30,32H,7-8,16-18,20-22,25H2,(H,35,38). The molecule has 1 aliphatic rings. The van der Waals surface area contributed by atoms with Crippen LogP contribution in [0.3, 0.4) is 0 Å². The molecule has 0 aliphatic carbocycles. The summed E-state index contributed by atoms with van der Waals surface area (Å²) in [5.74, 6) is 1.07. The molecule has 0 atom stereocenters. The van der Waals surface area contributed by atoms with Crippen molar-refractivity contribution in [2.24, 2.45) is 0 Å². The molecular formula is C33H38N4O2. The third-order valence-electron chi connectivity index (χ3n) is 7.47. The molecule has 202 valence electrons. The van der Waals surface area contributed by atoms with Crippen LogP contribution in [0.1, 0.15) is 53.1 Å². The number of nitrogens with one attached hydrogen (secondary N) is 1.